The van der Waals surface area contributed by atoms with Crippen molar-refractivity contribution in [3.63, 3.8) is 0 Å². The van der Waals surface area contributed by atoms with Crippen LogP contribution in [0.2, 0.25) is 0 Å². The lowest BCUT2D eigenvalue weighted by molar-refractivity contribution is 0.990. The first kappa shape index (κ1) is 11.9. The van der Waals surface area contributed by atoms with Crippen molar-refractivity contribution >= 4 is 10.8 Å². The minimum absolute atomic E-state index is 0.901. The van der Waals surface area contributed by atoms with Crippen LogP contribution in [0, 0.1) is 0 Å². The lowest BCUT2D eigenvalue weighted by Crippen LogP contribution is -1.97. The normalized spacial score (nSPS) is 10.8. The summed E-state index contributed by atoms with van der Waals surface area (Å²) in [6.45, 7) is 2.17. The van der Waals surface area contributed by atoms with Gasteiger partial charge in [0.25, 0.3) is 0 Å². The predicted molar refractivity (Wildman–Crippen MR) is 80.4 cm³/mol. The van der Waals surface area contributed by atoms with Crippen LogP contribution in [0.25, 0.3) is 10.8 Å². The minimum atomic E-state index is 0.901. The van der Waals surface area contributed by atoms with Gasteiger partial charge in [-0.3, -0.25) is 4.98 Å². The van der Waals surface area contributed by atoms with Crippen LogP contribution >= 0.6 is 0 Å². The Morgan fingerprint density at radius 3 is 2.42 bits per heavy atom. The molecular weight excluding hydrogens is 230 g/mol. The topological polar surface area (TPSA) is 12.9 Å². The minimum Gasteiger partial charge on any atom is -0.257 e. The van der Waals surface area contributed by atoms with Crippen molar-refractivity contribution in [2.75, 3.05) is 0 Å². The molecule has 0 radical (unpaired) electrons. The molecule has 0 saturated carbocycles. The van der Waals surface area contributed by atoms with E-state index in [0.29, 0.717) is 0 Å². The van der Waals surface area contributed by atoms with Gasteiger partial charge in [0.1, 0.15) is 0 Å². The predicted octanol–water partition coefficient (Wildman–Crippen LogP) is 4.39. The molecule has 0 aliphatic carbocycles. The van der Waals surface area contributed by atoms with Crippen LogP contribution < -0.4 is 0 Å². The monoisotopic (exact) mass is 247 g/mol. The van der Waals surface area contributed by atoms with E-state index in [4.69, 9.17) is 4.98 Å². The molecule has 0 atom stereocenters. The highest BCUT2D eigenvalue weighted by Crippen LogP contribution is 2.20. The van der Waals surface area contributed by atoms with E-state index in [1.807, 2.05) is 0 Å². The molecule has 0 amide bonds. The molecule has 1 nitrogen and oxygen atoms in total. The highest BCUT2D eigenvalue weighted by Gasteiger charge is 2.05. The Balaban J connectivity index is 2.05. The third kappa shape index (κ3) is 2.50. The summed E-state index contributed by atoms with van der Waals surface area (Å²) in [4.78, 5) is 4.81. The summed E-state index contributed by atoms with van der Waals surface area (Å²) in [5.41, 5.74) is 3.66. The Labute approximate surface area is 113 Å². The maximum Gasteiger partial charge on any atom is 0.0482 e. The van der Waals surface area contributed by atoms with Crippen LogP contribution in [0.3, 0.4) is 0 Å². The molecule has 0 N–H and O–H groups in total. The molecule has 0 saturated heterocycles. The SMILES string of the molecule is CCc1nc(Cc2ccccc2)cc2ccccc12. The highest BCUT2D eigenvalue weighted by molar-refractivity contribution is 5.84. The first-order valence-corrected chi connectivity index (χ1v) is 6.78. The Hall–Kier alpha value is -2.15. The number of aromatic nitrogens is 1. The van der Waals surface area contributed by atoms with E-state index >= 15 is 0 Å². The number of rotatable bonds is 3. The Morgan fingerprint density at radius 2 is 1.63 bits per heavy atom. The Bertz CT molecular complexity index is 686. The largest absolute Gasteiger partial charge is 0.257 e. The third-order valence-electron chi connectivity index (χ3n) is 3.44. The van der Waals surface area contributed by atoms with E-state index in [1.54, 1.807) is 0 Å². The van der Waals surface area contributed by atoms with Gasteiger partial charge in [-0.1, -0.05) is 61.5 Å². The van der Waals surface area contributed by atoms with Crippen LogP contribution in [0.15, 0.2) is 60.7 Å². The van der Waals surface area contributed by atoms with Crippen molar-refractivity contribution < 1.29 is 0 Å². The molecule has 0 fully saturated rings. The van der Waals surface area contributed by atoms with Crippen LogP contribution in [0.5, 0.6) is 0 Å². The molecule has 0 aliphatic rings. The molecule has 1 heterocycles. The number of fused-ring (bicyclic) bond motifs is 1. The Morgan fingerprint density at radius 1 is 0.895 bits per heavy atom. The maximum atomic E-state index is 4.81. The van der Waals surface area contributed by atoms with Gasteiger partial charge in [-0.15, -0.1) is 0 Å². The van der Waals surface area contributed by atoms with E-state index in [1.165, 1.54) is 22.0 Å². The van der Waals surface area contributed by atoms with Crippen LogP contribution in [-0.2, 0) is 12.8 Å². The second-order valence-electron chi connectivity index (χ2n) is 4.80. The van der Waals surface area contributed by atoms with Crippen LogP contribution in [0.4, 0.5) is 0 Å². The lowest BCUT2D eigenvalue weighted by Gasteiger charge is -2.08. The molecule has 3 aromatic rings. The van der Waals surface area contributed by atoms with Gasteiger partial charge in [-0.2, -0.15) is 0 Å². The average Bonchev–Trinajstić information content (AvgIpc) is 2.47. The third-order valence-corrected chi connectivity index (χ3v) is 3.44. The van der Waals surface area contributed by atoms with Crippen molar-refractivity contribution in [2.24, 2.45) is 0 Å². The Kier molecular flexibility index (Phi) is 3.28. The average molecular weight is 247 g/mol. The second-order valence-corrected chi connectivity index (χ2v) is 4.80. The van der Waals surface area contributed by atoms with Crippen molar-refractivity contribution in [1.29, 1.82) is 0 Å². The van der Waals surface area contributed by atoms with Gasteiger partial charge < -0.3 is 0 Å². The van der Waals surface area contributed by atoms with E-state index in [0.717, 1.165) is 18.5 Å². The molecule has 19 heavy (non-hydrogen) atoms. The summed E-state index contributed by atoms with van der Waals surface area (Å²) < 4.78 is 0. The molecule has 0 unspecified atom stereocenters. The molecule has 3 rings (SSSR count). The fourth-order valence-corrected chi connectivity index (χ4v) is 2.50. The number of pyridine rings is 1. The van der Waals surface area contributed by atoms with Crippen molar-refractivity contribution in [3.8, 4) is 0 Å². The van der Waals surface area contributed by atoms with Gasteiger partial charge >= 0.3 is 0 Å². The molecular formula is C18H17N. The number of hydrogen-bond acceptors (Lipinski definition) is 1. The fraction of sp³-hybridized carbons (Fsp3) is 0.167. The summed E-state index contributed by atoms with van der Waals surface area (Å²) in [6, 6.07) is 21.2. The van der Waals surface area contributed by atoms with E-state index in [2.05, 4.69) is 67.6 Å². The molecule has 2 aromatic carbocycles. The van der Waals surface area contributed by atoms with Crippen molar-refractivity contribution in [2.45, 2.75) is 19.8 Å². The molecule has 0 aliphatic heterocycles. The van der Waals surface area contributed by atoms with Gasteiger partial charge in [0, 0.05) is 23.2 Å². The number of nitrogens with zero attached hydrogens (tertiary/aromatic N) is 1. The standard InChI is InChI=1S/C18H17N/c1-2-18-17-11-7-6-10-15(17)13-16(19-18)12-14-8-4-3-5-9-14/h3-11,13H,2,12H2,1H3. The van der Waals surface area contributed by atoms with Gasteiger partial charge in [0.2, 0.25) is 0 Å². The zero-order chi connectivity index (χ0) is 13.1. The molecule has 1 heteroatoms. The lowest BCUT2D eigenvalue weighted by atomic mass is 10.0. The molecule has 1 aromatic heterocycles. The van der Waals surface area contributed by atoms with Crippen molar-refractivity contribution in [1.82, 2.24) is 4.98 Å². The maximum absolute atomic E-state index is 4.81. The molecule has 0 spiro atoms. The van der Waals surface area contributed by atoms with Crippen molar-refractivity contribution in [3.05, 3.63) is 77.6 Å². The zero-order valence-corrected chi connectivity index (χ0v) is 11.1. The van der Waals surface area contributed by atoms with Crippen LogP contribution in [-0.4, -0.2) is 4.98 Å². The molecule has 94 valence electrons. The number of aryl methyl sites for hydroxylation is 1. The number of hydrogen-bond donors (Lipinski definition) is 0. The van der Waals surface area contributed by atoms with Gasteiger partial charge in [0.05, 0.1) is 0 Å². The fourth-order valence-electron chi connectivity index (χ4n) is 2.50. The zero-order valence-electron chi connectivity index (χ0n) is 11.1. The molecule has 0 bridgehead atoms. The van der Waals surface area contributed by atoms with E-state index in [9.17, 15) is 0 Å². The summed E-state index contributed by atoms with van der Waals surface area (Å²) in [5.74, 6) is 0. The van der Waals surface area contributed by atoms with Gasteiger partial charge in [0.15, 0.2) is 0 Å². The first-order chi connectivity index (χ1) is 9.36. The smallest absolute Gasteiger partial charge is 0.0482 e. The summed E-state index contributed by atoms with van der Waals surface area (Å²) >= 11 is 0. The van der Waals surface area contributed by atoms with E-state index < -0.39 is 0 Å². The second kappa shape index (κ2) is 5.23. The highest BCUT2D eigenvalue weighted by atomic mass is 14.7. The summed E-state index contributed by atoms with van der Waals surface area (Å²) in [7, 11) is 0. The summed E-state index contributed by atoms with van der Waals surface area (Å²) in [6.07, 6.45) is 1.88. The first-order valence-electron chi connectivity index (χ1n) is 6.78. The summed E-state index contributed by atoms with van der Waals surface area (Å²) in [5, 5.41) is 2.57. The van der Waals surface area contributed by atoms with Gasteiger partial charge in [-0.25, -0.2) is 0 Å². The van der Waals surface area contributed by atoms with E-state index in [-0.39, 0.29) is 0 Å². The number of benzene rings is 2. The van der Waals surface area contributed by atoms with Gasteiger partial charge in [-0.05, 0) is 23.4 Å². The van der Waals surface area contributed by atoms with Crippen LogP contribution in [0.1, 0.15) is 23.9 Å². The quantitative estimate of drug-likeness (QED) is 0.669.